The second kappa shape index (κ2) is 9.79. The summed E-state index contributed by atoms with van der Waals surface area (Å²) in [6, 6.07) is 5.10. The quantitative estimate of drug-likeness (QED) is 0.464. The van der Waals surface area contributed by atoms with Gasteiger partial charge in [-0.15, -0.1) is 5.06 Å². The second-order valence-corrected chi connectivity index (χ2v) is 7.98. The van der Waals surface area contributed by atoms with Gasteiger partial charge < -0.3 is 10.2 Å². The van der Waals surface area contributed by atoms with Crippen LogP contribution in [0.15, 0.2) is 36.4 Å². The zero-order chi connectivity index (χ0) is 25.3. The molecule has 12 heteroatoms. The van der Waals surface area contributed by atoms with Gasteiger partial charge in [0, 0.05) is 26.7 Å². The lowest BCUT2D eigenvalue weighted by Crippen LogP contribution is -2.49. The van der Waals surface area contributed by atoms with Gasteiger partial charge in [-0.2, -0.15) is 26.3 Å². The molecule has 2 aromatic rings. The molecular formula is C22H22F7N3O2. The number of rotatable bonds is 4. The van der Waals surface area contributed by atoms with E-state index in [4.69, 9.17) is 4.84 Å². The number of amides is 1. The van der Waals surface area contributed by atoms with E-state index < -0.39 is 48.0 Å². The average Bonchev–Trinajstić information content (AvgIpc) is 2.74. The van der Waals surface area contributed by atoms with Gasteiger partial charge in [0.05, 0.1) is 23.7 Å². The van der Waals surface area contributed by atoms with Crippen LogP contribution in [0.5, 0.6) is 0 Å². The molecule has 1 saturated heterocycles. The zero-order valence-corrected chi connectivity index (χ0v) is 18.2. The average molecular weight is 493 g/mol. The Kier molecular flexibility index (Phi) is 7.41. The van der Waals surface area contributed by atoms with Crippen molar-refractivity contribution in [1.29, 1.82) is 0 Å². The fraction of sp³-hybridized carbons (Fsp3) is 0.409. The van der Waals surface area contributed by atoms with E-state index in [0.29, 0.717) is 36.3 Å². The lowest BCUT2D eigenvalue weighted by Gasteiger charge is -2.36. The third-order valence-electron chi connectivity index (χ3n) is 5.33. The van der Waals surface area contributed by atoms with E-state index in [1.54, 1.807) is 13.0 Å². The maximum Gasteiger partial charge on any atom is 0.429 e. The third-order valence-corrected chi connectivity index (χ3v) is 5.33. The molecule has 3 rings (SSSR count). The molecule has 34 heavy (non-hydrogen) atoms. The van der Waals surface area contributed by atoms with Crippen molar-refractivity contribution in [3.05, 3.63) is 70.0 Å². The van der Waals surface area contributed by atoms with Gasteiger partial charge >= 0.3 is 18.4 Å². The molecule has 0 aliphatic carbocycles. The highest BCUT2D eigenvalue weighted by atomic mass is 19.4. The first kappa shape index (κ1) is 25.8. The Balaban J connectivity index is 1.76. The minimum absolute atomic E-state index is 0.0333. The van der Waals surface area contributed by atoms with Crippen molar-refractivity contribution in [2.75, 3.05) is 26.7 Å². The van der Waals surface area contributed by atoms with Crippen LogP contribution in [-0.2, 0) is 23.7 Å². The van der Waals surface area contributed by atoms with E-state index in [-0.39, 0.29) is 18.2 Å². The molecule has 1 atom stereocenters. The van der Waals surface area contributed by atoms with Crippen molar-refractivity contribution in [2.45, 2.75) is 31.9 Å². The molecule has 1 aliphatic rings. The maximum absolute atomic E-state index is 13.6. The van der Waals surface area contributed by atoms with E-state index in [0.717, 1.165) is 5.06 Å². The Morgan fingerprint density at radius 3 is 2.26 bits per heavy atom. The lowest BCUT2D eigenvalue weighted by molar-refractivity contribution is -0.143. The molecule has 0 bridgehead atoms. The van der Waals surface area contributed by atoms with Gasteiger partial charge in [-0.1, -0.05) is 12.1 Å². The van der Waals surface area contributed by atoms with E-state index >= 15 is 0 Å². The summed E-state index contributed by atoms with van der Waals surface area (Å²) in [5.74, 6) is -0.402. The molecule has 0 saturated carbocycles. The Labute approximate surface area is 191 Å². The zero-order valence-electron chi connectivity index (χ0n) is 18.2. The molecule has 1 unspecified atom stereocenters. The van der Waals surface area contributed by atoms with Crippen molar-refractivity contribution in [3.63, 3.8) is 0 Å². The number of hydrogen-bond donors (Lipinski definition) is 1. The monoisotopic (exact) mass is 493 g/mol. The molecular weight excluding hydrogens is 471 g/mol. The van der Waals surface area contributed by atoms with Crippen molar-refractivity contribution in [1.82, 2.24) is 15.3 Å². The standard InChI is InChI=1S/C22H22F7N3O2/c1-13-7-15(3-4-18(13)23)19-11-30-5-6-32(19)20(33)34-31(2)12-14-8-16(21(24,25)26)10-17(9-14)22(27,28)29/h3-4,7-10,19,30H,5-6,11-12H2,1-2H3. The summed E-state index contributed by atoms with van der Waals surface area (Å²) in [7, 11) is 1.23. The highest BCUT2D eigenvalue weighted by Gasteiger charge is 2.37. The fourth-order valence-electron chi connectivity index (χ4n) is 3.68. The summed E-state index contributed by atoms with van der Waals surface area (Å²) >= 11 is 0. The van der Waals surface area contributed by atoms with Crippen LogP contribution in [0.4, 0.5) is 35.5 Å². The van der Waals surface area contributed by atoms with E-state index in [1.165, 1.54) is 24.1 Å². The molecule has 186 valence electrons. The molecule has 1 N–H and O–H groups in total. The molecule has 1 amide bonds. The van der Waals surface area contributed by atoms with E-state index in [1.807, 2.05) is 0 Å². The first-order valence-corrected chi connectivity index (χ1v) is 10.2. The second-order valence-electron chi connectivity index (χ2n) is 7.98. The predicted octanol–water partition coefficient (Wildman–Crippen LogP) is 5.30. The van der Waals surface area contributed by atoms with E-state index in [9.17, 15) is 35.5 Å². The number of halogens is 7. The fourth-order valence-corrected chi connectivity index (χ4v) is 3.68. The molecule has 0 spiro atoms. The number of piperazine rings is 1. The van der Waals surface area contributed by atoms with Gasteiger partial charge in [0.1, 0.15) is 5.82 Å². The summed E-state index contributed by atoms with van der Waals surface area (Å²) in [5, 5.41) is 3.98. The predicted molar refractivity (Wildman–Crippen MR) is 108 cm³/mol. The lowest BCUT2D eigenvalue weighted by atomic mass is 10.0. The van der Waals surface area contributed by atoms with Crippen molar-refractivity contribution in [2.24, 2.45) is 0 Å². The van der Waals surface area contributed by atoms with Crippen molar-refractivity contribution in [3.8, 4) is 0 Å². The van der Waals surface area contributed by atoms with Crippen LogP contribution in [0.25, 0.3) is 0 Å². The minimum atomic E-state index is -4.98. The Bertz CT molecular complexity index is 1010. The van der Waals surface area contributed by atoms with Crippen LogP contribution in [0.2, 0.25) is 0 Å². The number of carbonyl (C=O) groups is 1. The Hall–Kier alpha value is -2.86. The van der Waals surface area contributed by atoms with Crippen molar-refractivity contribution < 1.29 is 40.4 Å². The number of nitrogens with zero attached hydrogens (tertiary/aromatic N) is 2. The highest BCUT2D eigenvalue weighted by Crippen LogP contribution is 2.36. The minimum Gasteiger partial charge on any atom is -0.351 e. The highest BCUT2D eigenvalue weighted by molar-refractivity contribution is 5.68. The first-order chi connectivity index (χ1) is 15.8. The maximum atomic E-state index is 13.6. The summed E-state index contributed by atoms with van der Waals surface area (Å²) in [5.41, 5.74) is -2.20. The number of hydroxylamine groups is 2. The van der Waals surface area contributed by atoms with Crippen LogP contribution < -0.4 is 5.32 Å². The third kappa shape index (κ3) is 6.17. The Morgan fingerprint density at radius 1 is 1.09 bits per heavy atom. The number of benzene rings is 2. The van der Waals surface area contributed by atoms with Crippen LogP contribution in [-0.4, -0.2) is 42.7 Å². The van der Waals surface area contributed by atoms with Crippen LogP contribution in [0.1, 0.15) is 33.9 Å². The number of nitrogens with one attached hydrogen (secondary N) is 1. The molecule has 5 nitrogen and oxygen atoms in total. The summed E-state index contributed by atoms with van der Waals surface area (Å²) in [6.45, 7) is 2.10. The van der Waals surface area contributed by atoms with Crippen LogP contribution in [0, 0.1) is 12.7 Å². The number of alkyl halides is 6. The van der Waals surface area contributed by atoms with Gasteiger partial charge in [0.25, 0.3) is 0 Å². The van der Waals surface area contributed by atoms with E-state index in [2.05, 4.69) is 5.32 Å². The topological polar surface area (TPSA) is 44.8 Å². The smallest absolute Gasteiger partial charge is 0.351 e. The van der Waals surface area contributed by atoms with Gasteiger partial charge in [-0.25, -0.2) is 9.18 Å². The Morgan fingerprint density at radius 2 is 1.71 bits per heavy atom. The normalized spacial score (nSPS) is 17.2. The van der Waals surface area contributed by atoms with Crippen molar-refractivity contribution >= 4 is 6.09 Å². The van der Waals surface area contributed by atoms with Gasteiger partial charge in [0.2, 0.25) is 0 Å². The van der Waals surface area contributed by atoms with Gasteiger partial charge in [0.15, 0.2) is 0 Å². The summed E-state index contributed by atoms with van der Waals surface area (Å²) < 4.78 is 92.1. The molecule has 0 radical (unpaired) electrons. The first-order valence-electron chi connectivity index (χ1n) is 10.2. The molecule has 0 aromatic heterocycles. The number of aryl methyl sites for hydroxylation is 1. The van der Waals surface area contributed by atoms with Crippen LogP contribution in [0.3, 0.4) is 0 Å². The largest absolute Gasteiger partial charge is 0.429 e. The SMILES string of the molecule is Cc1cc(C2CNCCN2C(=O)ON(C)Cc2cc(C(F)(F)F)cc(C(F)(F)F)c2)ccc1F. The number of hydrogen-bond acceptors (Lipinski definition) is 4. The molecule has 1 aliphatic heterocycles. The summed E-state index contributed by atoms with van der Waals surface area (Å²) in [4.78, 5) is 19.4. The summed E-state index contributed by atoms with van der Waals surface area (Å²) in [6.07, 6.45) is -10.8. The molecule has 1 fully saturated rings. The molecule has 1 heterocycles. The van der Waals surface area contributed by atoms with Gasteiger partial charge in [-0.05, 0) is 47.9 Å². The van der Waals surface area contributed by atoms with Crippen LogP contribution >= 0.6 is 0 Å². The van der Waals surface area contributed by atoms with Gasteiger partial charge in [-0.3, -0.25) is 4.90 Å². The molecule has 2 aromatic carbocycles. The number of carbonyl (C=O) groups excluding carboxylic acids is 1.